The summed E-state index contributed by atoms with van der Waals surface area (Å²) in [6, 6.07) is 17.9. The summed E-state index contributed by atoms with van der Waals surface area (Å²) in [5, 5.41) is 0. The van der Waals surface area contributed by atoms with Crippen molar-refractivity contribution in [3.8, 4) is 23.2 Å². The van der Waals surface area contributed by atoms with Crippen molar-refractivity contribution in [2.45, 2.75) is 6.42 Å². The summed E-state index contributed by atoms with van der Waals surface area (Å²) in [6.07, 6.45) is 4.44. The van der Waals surface area contributed by atoms with Crippen molar-refractivity contribution >= 4 is 0 Å². The van der Waals surface area contributed by atoms with Crippen molar-refractivity contribution < 1.29 is 0 Å². The largest absolute Gasteiger partial charge is 0.330 e. The fourth-order valence-corrected chi connectivity index (χ4v) is 2.20. The van der Waals surface area contributed by atoms with E-state index in [1.54, 1.807) is 12.4 Å². The van der Waals surface area contributed by atoms with Gasteiger partial charge in [-0.2, -0.15) is 0 Å². The third-order valence-corrected chi connectivity index (χ3v) is 3.43. The van der Waals surface area contributed by atoms with Crippen LogP contribution in [-0.2, 0) is 6.42 Å². The van der Waals surface area contributed by atoms with Gasteiger partial charge in [0.2, 0.25) is 0 Å². The van der Waals surface area contributed by atoms with Crippen LogP contribution in [0.2, 0.25) is 0 Å². The van der Waals surface area contributed by atoms with Gasteiger partial charge in [-0.05, 0) is 54.9 Å². The predicted molar refractivity (Wildman–Crippen MR) is 92.6 cm³/mol. The molecule has 3 aromatic rings. The van der Waals surface area contributed by atoms with Crippen molar-refractivity contribution in [2.75, 3.05) is 6.54 Å². The fraction of sp³-hybridized carbons (Fsp3) is 0.100. The first-order valence-corrected chi connectivity index (χ1v) is 7.53. The van der Waals surface area contributed by atoms with Gasteiger partial charge < -0.3 is 5.73 Å². The first kappa shape index (κ1) is 15.0. The van der Waals surface area contributed by atoms with Gasteiger partial charge in [0, 0.05) is 23.5 Å². The minimum atomic E-state index is 0.666. The SMILES string of the molecule is NCCc1ccc(C#Cc2ccc(-c3ccccn3)nc2)cc1. The van der Waals surface area contributed by atoms with Gasteiger partial charge in [-0.15, -0.1) is 0 Å². The average molecular weight is 299 g/mol. The Morgan fingerprint density at radius 1 is 0.783 bits per heavy atom. The molecule has 23 heavy (non-hydrogen) atoms. The predicted octanol–water partition coefficient (Wildman–Crippen LogP) is 3.04. The zero-order chi connectivity index (χ0) is 15.9. The number of hydrogen-bond acceptors (Lipinski definition) is 3. The monoisotopic (exact) mass is 299 g/mol. The van der Waals surface area contributed by atoms with Gasteiger partial charge in [-0.1, -0.05) is 30.0 Å². The molecule has 0 spiro atoms. The van der Waals surface area contributed by atoms with Gasteiger partial charge in [0.1, 0.15) is 0 Å². The molecule has 3 nitrogen and oxygen atoms in total. The van der Waals surface area contributed by atoms with E-state index in [1.165, 1.54) is 5.56 Å². The molecule has 0 radical (unpaired) electrons. The summed E-state index contributed by atoms with van der Waals surface area (Å²) in [5.41, 5.74) is 10.4. The van der Waals surface area contributed by atoms with E-state index in [2.05, 4.69) is 33.9 Å². The lowest BCUT2D eigenvalue weighted by Gasteiger charge is -1.99. The van der Waals surface area contributed by atoms with Crippen LogP contribution >= 0.6 is 0 Å². The second kappa shape index (κ2) is 7.35. The van der Waals surface area contributed by atoms with Crippen LogP contribution < -0.4 is 5.73 Å². The van der Waals surface area contributed by atoms with Gasteiger partial charge in [0.15, 0.2) is 0 Å². The van der Waals surface area contributed by atoms with Crippen LogP contribution in [0.4, 0.5) is 0 Å². The Hall–Kier alpha value is -2.96. The number of aromatic nitrogens is 2. The normalized spacial score (nSPS) is 9.96. The third-order valence-electron chi connectivity index (χ3n) is 3.43. The second-order valence-electron chi connectivity index (χ2n) is 5.13. The number of rotatable bonds is 3. The molecule has 2 heterocycles. The summed E-state index contributed by atoms with van der Waals surface area (Å²) in [6.45, 7) is 0.666. The quantitative estimate of drug-likeness (QED) is 0.756. The summed E-state index contributed by atoms with van der Waals surface area (Å²) in [7, 11) is 0. The Morgan fingerprint density at radius 3 is 2.17 bits per heavy atom. The molecule has 0 bridgehead atoms. The molecule has 0 amide bonds. The van der Waals surface area contributed by atoms with Crippen LogP contribution in [-0.4, -0.2) is 16.5 Å². The molecule has 112 valence electrons. The molecule has 2 N–H and O–H groups in total. The fourth-order valence-electron chi connectivity index (χ4n) is 2.20. The van der Waals surface area contributed by atoms with E-state index in [-0.39, 0.29) is 0 Å². The third kappa shape index (κ3) is 4.03. The minimum absolute atomic E-state index is 0.666. The number of pyridine rings is 2. The Kier molecular flexibility index (Phi) is 4.78. The average Bonchev–Trinajstić information content (AvgIpc) is 2.63. The first-order chi connectivity index (χ1) is 11.3. The smallest absolute Gasteiger partial charge is 0.0887 e. The molecule has 1 aromatic carbocycles. The Balaban J connectivity index is 1.74. The molecule has 3 rings (SSSR count). The molecule has 3 heteroatoms. The number of nitrogens with zero attached hydrogens (tertiary/aromatic N) is 2. The Morgan fingerprint density at radius 2 is 1.52 bits per heavy atom. The summed E-state index contributed by atoms with van der Waals surface area (Å²) < 4.78 is 0. The molecular formula is C20H17N3. The van der Waals surface area contributed by atoms with E-state index in [0.717, 1.165) is 28.9 Å². The maximum Gasteiger partial charge on any atom is 0.0887 e. The van der Waals surface area contributed by atoms with E-state index < -0.39 is 0 Å². The van der Waals surface area contributed by atoms with Crippen LogP contribution in [0.5, 0.6) is 0 Å². The molecule has 0 unspecified atom stereocenters. The van der Waals surface area contributed by atoms with Crippen molar-refractivity contribution in [3.05, 3.63) is 83.7 Å². The van der Waals surface area contributed by atoms with Crippen LogP contribution in [0.1, 0.15) is 16.7 Å². The summed E-state index contributed by atoms with van der Waals surface area (Å²) in [4.78, 5) is 8.71. The maximum atomic E-state index is 5.55. The zero-order valence-corrected chi connectivity index (χ0v) is 12.7. The lowest BCUT2D eigenvalue weighted by Crippen LogP contribution is -2.02. The van der Waals surface area contributed by atoms with Crippen LogP contribution in [0, 0.1) is 11.8 Å². The van der Waals surface area contributed by atoms with Gasteiger partial charge in [-0.25, -0.2) is 0 Å². The molecule has 0 saturated carbocycles. The molecular weight excluding hydrogens is 282 g/mol. The van der Waals surface area contributed by atoms with Crippen molar-refractivity contribution in [1.29, 1.82) is 0 Å². The van der Waals surface area contributed by atoms with Crippen molar-refractivity contribution in [3.63, 3.8) is 0 Å². The second-order valence-corrected chi connectivity index (χ2v) is 5.13. The van der Waals surface area contributed by atoms with E-state index in [9.17, 15) is 0 Å². The number of nitrogens with two attached hydrogens (primary N) is 1. The number of hydrogen-bond donors (Lipinski definition) is 1. The van der Waals surface area contributed by atoms with Gasteiger partial charge >= 0.3 is 0 Å². The maximum absolute atomic E-state index is 5.55. The van der Waals surface area contributed by atoms with Crippen LogP contribution in [0.3, 0.4) is 0 Å². The highest BCUT2D eigenvalue weighted by molar-refractivity contribution is 5.55. The molecule has 2 aromatic heterocycles. The zero-order valence-electron chi connectivity index (χ0n) is 12.7. The summed E-state index contributed by atoms with van der Waals surface area (Å²) in [5.74, 6) is 6.29. The molecule has 0 saturated heterocycles. The minimum Gasteiger partial charge on any atom is -0.330 e. The molecule has 0 fully saturated rings. The van der Waals surface area contributed by atoms with Gasteiger partial charge in [0.25, 0.3) is 0 Å². The first-order valence-electron chi connectivity index (χ1n) is 7.53. The van der Waals surface area contributed by atoms with Crippen molar-refractivity contribution in [2.24, 2.45) is 5.73 Å². The van der Waals surface area contributed by atoms with Gasteiger partial charge in [-0.3, -0.25) is 9.97 Å². The number of benzene rings is 1. The van der Waals surface area contributed by atoms with Crippen LogP contribution in [0.15, 0.2) is 67.0 Å². The Labute approximate surface area is 136 Å². The molecule has 0 atom stereocenters. The molecule has 0 aliphatic carbocycles. The summed E-state index contributed by atoms with van der Waals surface area (Å²) >= 11 is 0. The van der Waals surface area contributed by atoms with E-state index >= 15 is 0 Å². The molecule has 0 aliphatic heterocycles. The highest BCUT2D eigenvalue weighted by Gasteiger charge is 1.98. The topological polar surface area (TPSA) is 51.8 Å². The van der Waals surface area contributed by atoms with Gasteiger partial charge in [0.05, 0.1) is 11.4 Å². The van der Waals surface area contributed by atoms with Crippen LogP contribution in [0.25, 0.3) is 11.4 Å². The lowest BCUT2D eigenvalue weighted by atomic mass is 10.1. The highest BCUT2D eigenvalue weighted by atomic mass is 14.8. The Bertz CT molecular complexity index is 811. The van der Waals surface area contributed by atoms with E-state index in [0.29, 0.717) is 6.54 Å². The van der Waals surface area contributed by atoms with E-state index in [4.69, 9.17) is 5.73 Å². The highest BCUT2D eigenvalue weighted by Crippen LogP contribution is 2.13. The lowest BCUT2D eigenvalue weighted by molar-refractivity contribution is 0.969. The van der Waals surface area contributed by atoms with E-state index in [1.807, 2.05) is 42.5 Å². The van der Waals surface area contributed by atoms with Crippen molar-refractivity contribution in [1.82, 2.24) is 9.97 Å². The molecule has 0 aliphatic rings. The standard InChI is InChI=1S/C20H17N3/c21-13-12-17-6-4-16(5-7-17)8-9-18-10-11-20(23-15-18)19-3-1-2-14-22-19/h1-7,10-11,14-15H,12-13,21H2.